The van der Waals surface area contributed by atoms with Gasteiger partial charge in [0.05, 0.1) is 22.4 Å². The SMILES string of the molecule is Cc1ccc(C(=O)CN(C(=O)c2ccccc2Cl)N2C(=O)[C@@H]3[C@H]4C[C@@H]([C@H](Br)[C@H]4Br)[C@@H]3C2=O)cc1C. The molecule has 1 saturated heterocycles. The maximum atomic E-state index is 13.7. The van der Waals surface area contributed by atoms with Gasteiger partial charge in [0.25, 0.3) is 17.7 Å². The molecular weight excluding hydrogens is 600 g/mol. The fourth-order valence-electron chi connectivity index (χ4n) is 5.72. The minimum Gasteiger partial charge on any atom is -0.292 e. The van der Waals surface area contributed by atoms with Crippen LogP contribution in [0, 0.1) is 37.5 Å². The van der Waals surface area contributed by atoms with Gasteiger partial charge in [-0.3, -0.25) is 19.2 Å². The number of benzene rings is 2. The Balaban J connectivity index is 1.53. The number of halogens is 3. The molecule has 0 radical (unpaired) electrons. The normalized spacial score (nSPS) is 29.0. The molecule has 2 aromatic rings. The maximum absolute atomic E-state index is 13.7. The Morgan fingerprint density at radius 3 is 2.14 bits per heavy atom. The molecule has 5 rings (SSSR count). The van der Waals surface area contributed by atoms with Crippen LogP contribution in [0.4, 0.5) is 0 Å². The zero-order chi connectivity index (χ0) is 25.2. The van der Waals surface area contributed by atoms with E-state index in [4.69, 9.17) is 11.6 Å². The van der Waals surface area contributed by atoms with E-state index in [1.807, 2.05) is 19.9 Å². The van der Waals surface area contributed by atoms with E-state index >= 15 is 0 Å². The van der Waals surface area contributed by atoms with Crippen molar-refractivity contribution in [3.8, 4) is 0 Å². The van der Waals surface area contributed by atoms with Crippen LogP contribution in [0.25, 0.3) is 0 Å². The molecule has 3 aliphatic rings. The number of Topliss-reactive ketones (excluding diaryl/α,β-unsaturated/α-hetero) is 1. The summed E-state index contributed by atoms with van der Waals surface area (Å²) in [4.78, 5) is 54.4. The van der Waals surface area contributed by atoms with Crippen molar-refractivity contribution in [1.82, 2.24) is 10.0 Å². The first kappa shape index (κ1) is 24.7. The van der Waals surface area contributed by atoms with Crippen LogP contribution < -0.4 is 0 Å². The second-order valence-corrected chi connectivity index (χ2v) is 12.1. The van der Waals surface area contributed by atoms with Gasteiger partial charge in [0.1, 0.15) is 6.54 Å². The highest BCUT2D eigenvalue weighted by molar-refractivity contribution is 9.12. The van der Waals surface area contributed by atoms with E-state index in [9.17, 15) is 19.2 Å². The predicted octanol–water partition coefficient (Wildman–Crippen LogP) is 4.97. The molecular formula is C26H23Br2ClN2O4. The third-order valence-corrected chi connectivity index (χ3v) is 11.2. The largest absolute Gasteiger partial charge is 0.292 e. The lowest BCUT2D eigenvalue weighted by atomic mass is 9.81. The lowest BCUT2D eigenvalue weighted by molar-refractivity contribution is -0.154. The molecule has 9 heteroatoms. The molecule has 2 saturated carbocycles. The van der Waals surface area contributed by atoms with E-state index in [1.165, 1.54) is 6.07 Å². The van der Waals surface area contributed by atoms with Crippen molar-refractivity contribution < 1.29 is 19.2 Å². The molecule has 0 spiro atoms. The number of hydrogen-bond donors (Lipinski definition) is 0. The van der Waals surface area contributed by atoms with Gasteiger partial charge >= 0.3 is 0 Å². The third kappa shape index (κ3) is 3.89. The van der Waals surface area contributed by atoms with Crippen LogP contribution in [0.1, 0.15) is 38.3 Å². The number of carbonyl (C=O) groups is 4. The van der Waals surface area contributed by atoms with Crippen LogP contribution in [-0.4, -0.2) is 49.7 Å². The summed E-state index contributed by atoms with van der Waals surface area (Å²) in [6.45, 7) is 3.39. The number of aryl methyl sites for hydroxylation is 2. The van der Waals surface area contributed by atoms with Gasteiger partial charge in [-0.15, -0.1) is 0 Å². The molecule has 0 aromatic heterocycles. The highest BCUT2D eigenvalue weighted by atomic mass is 79.9. The highest BCUT2D eigenvalue weighted by Gasteiger charge is 2.67. The van der Waals surface area contributed by atoms with Crippen molar-refractivity contribution in [2.45, 2.75) is 29.9 Å². The summed E-state index contributed by atoms with van der Waals surface area (Å²) < 4.78 is 0. The number of amides is 3. The maximum Gasteiger partial charge on any atom is 0.274 e. The minimum atomic E-state index is -0.660. The number of imide groups is 1. The second-order valence-electron chi connectivity index (χ2n) is 9.56. The molecule has 35 heavy (non-hydrogen) atoms. The number of rotatable bonds is 5. The van der Waals surface area contributed by atoms with Gasteiger partial charge in [-0.05, 0) is 61.4 Å². The molecule has 0 N–H and O–H groups in total. The average Bonchev–Trinajstić information content (AvgIpc) is 3.44. The van der Waals surface area contributed by atoms with Crippen LogP contribution in [-0.2, 0) is 9.59 Å². The van der Waals surface area contributed by atoms with E-state index in [2.05, 4.69) is 31.9 Å². The number of nitrogens with zero attached hydrogens (tertiary/aromatic N) is 2. The van der Waals surface area contributed by atoms with E-state index < -0.39 is 36.1 Å². The van der Waals surface area contributed by atoms with Crippen LogP contribution in [0.5, 0.6) is 0 Å². The number of ketones is 1. The van der Waals surface area contributed by atoms with E-state index in [0.29, 0.717) is 5.56 Å². The predicted molar refractivity (Wildman–Crippen MR) is 139 cm³/mol. The van der Waals surface area contributed by atoms with Gasteiger partial charge in [-0.1, -0.05) is 67.7 Å². The number of alkyl halides is 2. The first-order chi connectivity index (χ1) is 16.6. The topological polar surface area (TPSA) is 74.8 Å². The van der Waals surface area contributed by atoms with Crippen molar-refractivity contribution in [1.29, 1.82) is 0 Å². The van der Waals surface area contributed by atoms with Crippen molar-refractivity contribution >= 4 is 67.0 Å². The highest BCUT2D eigenvalue weighted by Crippen LogP contribution is 2.60. The molecule has 2 bridgehead atoms. The molecule has 6 atom stereocenters. The zero-order valence-corrected chi connectivity index (χ0v) is 23.0. The second kappa shape index (κ2) is 9.12. The third-order valence-electron chi connectivity index (χ3n) is 7.67. The first-order valence-corrected chi connectivity index (χ1v) is 13.7. The molecule has 1 aliphatic heterocycles. The standard InChI is InChI=1S/C26H23Br2ClN2O4/c1-12-7-8-14(9-13(12)2)19(32)11-30(24(33)15-5-3-4-6-18(15)29)31-25(34)20-16-10-17(21(20)26(31)35)23(28)22(16)27/h3-9,16-17,20-23H,10-11H2,1-2H3/t16-,17-,20-,21+,22+,23+/m1/s1. The first-order valence-electron chi connectivity index (χ1n) is 11.4. The van der Waals surface area contributed by atoms with Crippen LogP contribution >= 0.6 is 43.5 Å². The van der Waals surface area contributed by atoms with Gasteiger partial charge < -0.3 is 0 Å². The Kier molecular flexibility index (Phi) is 6.43. The molecule has 1 heterocycles. The number of hydrogen-bond acceptors (Lipinski definition) is 4. The summed E-state index contributed by atoms with van der Waals surface area (Å²) in [5, 5.41) is 2.10. The monoisotopic (exact) mass is 620 g/mol. The van der Waals surface area contributed by atoms with Crippen molar-refractivity contribution in [3.05, 3.63) is 69.7 Å². The summed E-state index contributed by atoms with van der Waals surface area (Å²) in [6, 6.07) is 11.7. The van der Waals surface area contributed by atoms with E-state index in [0.717, 1.165) is 27.6 Å². The average molecular weight is 623 g/mol. The Bertz CT molecular complexity index is 1240. The number of fused-ring (bicyclic) bond motifs is 5. The van der Waals surface area contributed by atoms with Crippen molar-refractivity contribution in [2.24, 2.45) is 23.7 Å². The van der Waals surface area contributed by atoms with Crippen LogP contribution in [0.3, 0.4) is 0 Å². The van der Waals surface area contributed by atoms with Crippen molar-refractivity contribution in [2.75, 3.05) is 6.54 Å². The fourth-order valence-corrected chi connectivity index (χ4v) is 7.81. The molecule has 6 nitrogen and oxygen atoms in total. The summed E-state index contributed by atoms with van der Waals surface area (Å²) in [5.74, 6) is -2.92. The minimum absolute atomic E-state index is 0.0106. The van der Waals surface area contributed by atoms with Crippen molar-refractivity contribution in [3.63, 3.8) is 0 Å². The van der Waals surface area contributed by atoms with Crippen LogP contribution in [0.15, 0.2) is 42.5 Å². The molecule has 0 unspecified atom stereocenters. The smallest absolute Gasteiger partial charge is 0.274 e. The molecule has 2 aliphatic carbocycles. The van der Waals surface area contributed by atoms with E-state index in [-0.39, 0.29) is 37.9 Å². The van der Waals surface area contributed by atoms with Gasteiger partial charge in [-0.2, -0.15) is 5.01 Å². The lowest BCUT2D eigenvalue weighted by Crippen LogP contribution is -2.52. The van der Waals surface area contributed by atoms with Crippen LogP contribution in [0.2, 0.25) is 5.02 Å². The summed E-state index contributed by atoms with van der Waals surface area (Å²) in [7, 11) is 0. The van der Waals surface area contributed by atoms with E-state index in [1.54, 1.807) is 30.3 Å². The fraction of sp³-hybridized carbons (Fsp3) is 0.385. The molecule has 2 aromatic carbocycles. The van der Waals surface area contributed by atoms with Gasteiger partial charge in [-0.25, -0.2) is 5.01 Å². The summed E-state index contributed by atoms with van der Waals surface area (Å²) in [6.07, 6.45) is 0.770. The quantitative estimate of drug-likeness (QED) is 0.268. The molecule has 3 fully saturated rings. The molecule has 3 amide bonds. The summed E-state index contributed by atoms with van der Waals surface area (Å²) >= 11 is 13.6. The Hall–Kier alpha value is -2.03. The van der Waals surface area contributed by atoms with Gasteiger partial charge in [0.2, 0.25) is 0 Å². The number of carbonyl (C=O) groups excluding carboxylic acids is 4. The van der Waals surface area contributed by atoms with Gasteiger partial charge in [0.15, 0.2) is 5.78 Å². The Labute approximate surface area is 225 Å². The molecule has 182 valence electrons. The Morgan fingerprint density at radius 1 is 0.971 bits per heavy atom. The summed E-state index contributed by atoms with van der Waals surface area (Å²) in [5.41, 5.74) is 2.50. The number of hydrazine groups is 1. The Morgan fingerprint density at radius 2 is 1.57 bits per heavy atom. The zero-order valence-electron chi connectivity index (χ0n) is 19.1. The van der Waals surface area contributed by atoms with Gasteiger partial charge in [0, 0.05) is 15.2 Å². The lowest BCUT2D eigenvalue weighted by Gasteiger charge is -2.31.